The average molecular weight is 1090 g/mol. The standard InChI is InChI=1S/C17H16ClN5O3.2C17H16FN5O3/c1-8-4-11-12(5-10(8)18)26-17(20-11)21-13(24)6-23-7-19-16-14(23)15(25)9(2)22(16)3;1-8-4-12-11(5-10(8)18)20-17(26-12)21-13(24)6-23-7-19-16-14(23)15(25)9(2)22(16)3;1-8-4-11-12(5-10(8)18)26-17(20-11)21-13(24)6-23-7-19-16-14(23)15(25)9(2)22(16)3/h3*4-5,7,9H,6H2,1-3H3,(H,20,21,24). The third kappa shape index (κ3) is 9.53. The van der Waals surface area contributed by atoms with Crippen LogP contribution < -0.4 is 30.7 Å². The zero-order valence-electron chi connectivity index (χ0n) is 43.2. The Labute approximate surface area is 445 Å². The smallest absolute Gasteiger partial charge is 0.302 e. The molecule has 9 aromatic rings. The number of nitrogens with one attached hydrogen (secondary N) is 3. The molecule has 27 heteroatoms. The van der Waals surface area contributed by atoms with Crippen molar-refractivity contribution in [3.8, 4) is 0 Å². The van der Waals surface area contributed by atoms with E-state index in [0.717, 1.165) is 5.56 Å². The third-order valence-electron chi connectivity index (χ3n) is 13.7. The number of halogens is 3. The largest absolute Gasteiger partial charge is 0.423 e. The molecule has 24 nitrogen and oxygen atoms in total. The highest BCUT2D eigenvalue weighted by molar-refractivity contribution is 6.32. The number of aryl methyl sites for hydroxylation is 3. The fraction of sp³-hybridized carbons (Fsp3) is 0.294. The van der Waals surface area contributed by atoms with E-state index < -0.39 is 23.4 Å². The molecular formula is C51H48ClF2N15O9. The van der Waals surface area contributed by atoms with Gasteiger partial charge in [-0.25, -0.2) is 23.7 Å². The lowest BCUT2D eigenvalue weighted by molar-refractivity contribution is -0.117. The molecule has 9 heterocycles. The summed E-state index contributed by atoms with van der Waals surface area (Å²) in [6.07, 6.45) is 4.39. The van der Waals surface area contributed by atoms with Crippen molar-refractivity contribution in [3.05, 3.63) is 106 Å². The third-order valence-corrected chi connectivity index (χ3v) is 14.1. The van der Waals surface area contributed by atoms with E-state index in [-0.39, 0.29) is 84.6 Å². The van der Waals surface area contributed by atoms with Crippen molar-refractivity contribution in [1.82, 2.24) is 43.6 Å². The number of rotatable bonds is 9. The van der Waals surface area contributed by atoms with Gasteiger partial charge in [0.05, 0.1) is 37.1 Å². The number of amides is 3. The number of imidazole rings is 3. The van der Waals surface area contributed by atoms with Gasteiger partial charge in [0.25, 0.3) is 0 Å². The van der Waals surface area contributed by atoms with Gasteiger partial charge < -0.3 is 41.7 Å². The van der Waals surface area contributed by atoms with Gasteiger partial charge in [0.1, 0.15) is 64.9 Å². The van der Waals surface area contributed by atoms with Crippen LogP contribution in [-0.4, -0.2) is 118 Å². The maximum absolute atomic E-state index is 13.6. The second-order valence-corrected chi connectivity index (χ2v) is 19.4. The Balaban J connectivity index is 0.000000132. The molecule has 3 amide bonds. The number of anilines is 6. The van der Waals surface area contributed by atoms with Crippen LogP contribution in [0, 0.1) is 32.4 Å². The molecule has 3 aliphatic rings. The summed E-state index contributed by atoms with van der Waals surface area (Å²) in [5.74, 6) is -0.538. The van der Waals surface area contributed by atoms with E-state index in [1.54, 1.807) is 88.7 Å². The van der Waals surface area contributed by atoms with Crippen molar-refractivity contribution in [1.29, 1.82) is 0 Å². The van der Waals surface area contributed by atoms with Gasteiger partial charge in [-0.3, -0.25) is 44.7 Å². The van der Waals surface area contributed by atoms with Gasteiger partial charge in [-0.15, -0.1) is 0 Å². The van der Waals surface area contributed by atoms with Crippen molar-refractivity contribution in [2.45, 2.75) is 79.3 Å². The fourth-order valence-electron chi connectivity index (χ4n) is 8.93. The lowest BCUT2D eigenvalue weighted by Gasteiger charge is -2.14. The molecule has 0 bridgehead atoms. The van der Waals surface area contributed by atoms with E-state index in [4.69, 9.17) is 24.9 Å². The van der Waals surface area contributed by atoms with Crippen molar-refractivity contribution >= 4 is 115 Å². The van der Waals surface area contributed by atoms with E-state index in [1.807, 2.05) is 6.92 Å². The molecule has 3 aliphatic heterocycles. The maximum atomic E-state index is 13.6. The summed E-state index contributed by atoms with van der Waals surface area (Å²) in [5, 5.41) is 8.22. The SMILES string of the molecule is Cc1cc2nc(NC(=O)Cn3cnc4c3C(=O)C(C)N4C)oc2cc1Cl.Cc1cc2nc(NC(=O)Cn3cnc4c3C(=O)C(C)N4C)oc2cc1F.Cc1cc2oc(NC(=O)Cn3cnc4c3C(=O)C(C)N4C)nc2cc1F. The number of aromatic nitrogens is 9. The summed E-state index contributed by atoms with van der Waals surface area (Å²) in [6.45, 7) is 10.2. The van der Waals surface area contributed by atoms with Crippen LogP contribution in [0.2, 0.25) is 5.02 Å². The first-order valence-electron chi connectivity index (χ1n) is 24.1. The van der Waals surface area contributed by atoms with E-state index in [2.05, 4.69) is 45.9 Å². The molecule has 3 aromatic carbocycles. The average Bonchev–Trinajstić information content (AvgIpc) is 4.30. The van der Waals surface area contributed by atoms with Gasteiger partial charge in [-0.1, -0.05) is 11.6 Å². The number of carbonyl (C=O) groups is 6. The Morgan fingerprint density at radius 3 is 1.23 bits per heavy atom. The molecule has 0 radical (unpaired) electrons. The molecule has 3 N–H and O–H groups in total. The van der Waals surface area contributed by atoms with Gasteiger partial charge in [0.15, 0.2) is 34.2 Å². The predicted octanol–water partition coefficient (Wildman–Crippen LogP) is 6.91. The van der Waals surface area contributed by atoms with E-state index in [0.29, 0.717) is 78.4 Å². The van der Waals surface area contributed by atoms with Crippen molar-refractivity contribution in [2.24, 2.45) is 0 Å². The lowest BCUT2D eigenvalue weighted by atomic mass is 10.2. The highest BCUT2D eigenvalue weighted by atomic mass is 35.5. The number of Topliss-reactive ketones (excluding diaryl/α,β-unsaturated/α-hetero) is 3. The summed E-state index contributed by atoms with van der Waals surface area (Å²) in [5.41, 5.74) is 5.49. The zero-order valence-corrected chi connectivity index (χ0v) is 44.0. The minimum absolute atomic E-state index is 0.0245. The van der Waals surface area contributed by atoms with E-state index in [1.165, 1.54) is 50.9 Å². The minimum Gasteiger partial charge on any atom is -0.423 e. The Morgan fingerprint density at radius 2 is 0.833 bits per heavy atom. The quantitative estimate of drug-likeness (QED) is 0.132. The first kappa shape index (κ1) is 52.1. The topological polar surface area (TPSA) is 280 Å². The maximum Gasteiger partial charge on any atom is 0.302 e. The number of fused-ring (bicyclic) bond motifs is 6. The summed E-state index contributed by atoms with van der Waals surface area (Å²) in [4.78, 5) is 104. The summed E-state index contributed by atoms with van der Waals surface area (Å²) >= 11 is 6.07. The number of ketones is 3. The van der Waals surface area contributed by atoms with Gasteiger partial charge in [-0.05, 0) is 76.4 Å². The second kappa shape index (κ2) is 20.0. The molecule has 0 spiro atoms. The Hall–Kier alpha value is -9.33. The van der Waals surface area contributed by atoms with E-state index >= 15 is 0 Å². The summed E-state index contributed by atoms with van der Waals surface area (Å²) in [7, 11) is 5.37. The molecule has 78 heavy (non-hydrogen) atoms. The monoisotopic (exact) mass is 1090 g/mol. The number of hydrogen-bond donors (Lipinski definition) is 3. The molecule has 6 aromatic heterocycles. The summed E-state index contributed by atoms with van der Waals surface area (Å²) in [6, 6.07) is 8.13. The zero-order chi connectivity index (χ0) is 55.8. The molecule has 3 atom stereocenters. The number of carbonyl (C=O) groups excluding carboxylic acids is 6. The van der Waals surface area contributed by atoms with Crippen molar-refractivity contribution in [3.63, 3.8) is 0 Å². The number of benzene rings is 3. The van der Waals surface area contributed by atoms with Crippen LogP contribution in [0.4, 0.5) is 44.3 Å². The lowest BCUT2D eigenvalue weighted by Crippen LogP contribution is -2.29. The molecule has 3 unspecified atom stereocenters. The molecular weight excluding hydrogens is 1040 g/mol. The molecule has 0 aliphatic carbocycles. The van der Waals surface area contributed by atoms with Crippen molar-refractivity contribution < 1.29 is 50.8 Å². The van der Waals surface area contributed by atoms with Gasteiger partial charge in [0.2, 0.25) is 35.1 Å². The first-order valence-corrected chi connectivity index (χ1v) is 24.5. The molecule has 0 saturated heterocycles. The van der Waals surface area contributed by atoms with Crippen LogP contribution in [0.25, 0.3) is 33.3 Å². The number of nitrogens with zero attached hydrogens (tertiary/aromatic N) is 12. The van der Waals surface area contributed by atoms with Crippen LogP contribution in [0.15, 0.2) is 68.6 Å². The number of oxazole rings is 3. The van der Waals surface area contributed by atoms with Gasteiger partial charge in [0, 0.05) is 44.4 Å². The Morgan fingerprint density at radius 1 is 0.513 bits per heavy atom. The van der Waals surface area contributed by atoms with Crippen molar-refractivity contribution in [2.75, 3.05) is 51.8 Å². The molecule has 0 saturated carbocycles. The van der Waals surface area contributed by atoms with E-state index in [9.17, 15) is 37.5 Å². The van der Waals surface area contributed by atoms with Crippen LogP contribution in [0.3, 0.4) is 0 Å². The van der Waals surface area contributed by atoms with Gasteiger partial charge in [-0.2, -0.15) is 15.0 Å². The highest BCUT2D eigenvalue weighted by Gasteiger charge is 2.39. The summed E-state index contributed by atoms with van der Waals surface area (Å²) < 4.78 is 48.0. The first-order chi connectivity index (χ1) is 37.0. The van der Waals surface area contributed by atoms with Crippen LogP contribution >= 0.6 is 11.6 Å². The minimum atomic E-state index is -0.427. The number of hydrogen-bond acceptors (Lipinski definition) is 18. The predicted molar refractivity (Wildman–Crippen MR) is 280 cm³/mol. The highest BCUT2D eigenvalue weighted by Crippen LogP contribution is 2.33. The van der Waals surface area contributed by atoms with Crippen LogP contribution in [-0.2, 0) is 34.0 Å². The molecule has 12 rings (SSSR count). The Kier molecular flexibility index (Phi) is 13.4. The number of likely N-dealkylation sites (N-methyl/N-ethyl adjacent to an activating group) is 3. The second-order valence-electron chi connectivity index (χ2n) is 19.0. The van der Waals surface area contributed by atoms with Crippen LogP contribution in [0.1, 0.15) is 68.9 Å². The Bertz CT molecular complexity index is 3450. The van der Waals surface area contributed by atoms with Crippen LogP contribution in [0.5, 0.6) is 0 Å². The molecule has 0 fully saturated rings. The fourth-order valence-corrected chi connectivity index (χ4v) is 9.09. The normalized spacial score (nSPS) is 16.4. The molecule has 402 valence electrons. The van der Waals surface area contributed by atoms with Gasteiger partial charge >= 0.3 is 18.0 Å².